The Bertz CT molecular complexity index is 645. The fraction of sp³-hybridized carbons (Fsp3) is 0.143. The number of carbonyl (C=O) groups excluding carboxylic acids is 1. The highest BCUT2D eigenvalue weighted by Gasteiger charge is 2.37. The summed E-state index contributed by atoms with van der Waals surface area (Å²) < 4.78 is 13.8. The van der Waals surface area contributed by atoms with Crippen molar-refractivity contribution in [2.45, 2.75) is 12.0 Å². The number of benzene rings is 1. The van der Waals surface area contributed by atoms with Crippen LogP contribution >= 0.6 is 0 Å². The van der Waals surface area contributed by atoms with E-state index in [0.29, 0.717) is 11.4 Å². The highest BCUT2D eigenvalue weighted by Crippen LogP contribution is 2.39. The molecule has 0 aliphatic carbocycles. The molecule has 2 heterocycles. The summed E-state index contributed by atoms with van der Waals surface area (Å²) in [7, 11) is 0. The van der Waals surface area contributed by atoms with Gasteiger partial charge in [-0.3, -0.25) is 4.79 Å². The number of anilines is 1. The van der Waals surface area contributed by atoms with Gasteiger partial charge in [0.2, 0.25) is 5.91 Å². The van der Waals surface area contributed by atoms with Crippen LogP contribution in [0.2, 0.25) is 0 Å². The molecule has 0 fully saturated rings. The zero-order valence-corrected chi connectivity index (χ0v) is 9.88. The number of carbonyl (C=O) groups is 1. The molecule has 0 bridgehead atoms. The molecule has 3 rings (SSSR count). The molecule has 2 aromatic rings. The smallest absolute Gasteiger partial charge is 0.236 e. The molecule has 1 aliphatic heterocycles. The standard InChI is InChI=1S/C14H11FN2O2/c15-10-6-2-1-4-8(10)11-12(18)9-5-3-7-16-13(9)17-14(11)19/h1-7,11-12,18H,(H,16,17,19). The molecule has 5 heteroatoms. The lowest BCUT2D eigenvalue weighted by molar-refractivity contribution is -0.120. The third-order valence-corrected chi connectivity index (χ3v) is 3.24. The van der Waals surface area contributed by atoms with Crippen LogP contribution in [-0.4, -0.2) is 16.0 Å². The zero-order chi connectivity index (χ0) is 13.4. The minimum absolute atomic E-state index is 0.182. The molecular formula is C14H11FN2O2. The average Bonchev–Trinajstić information content (AvgIpc) is 2.41. The Morgan fingerprint density at radius 3 is 2.68 bits per heavy atom. The zero-order valence-electron chi connectivity index (χ0n) is 9.88. The summed E-state index contributed by atoms with van der Waals surface area (Å²) in [5.41, 5.74) is 0.678. The molecule has 2 unspecified atom stereocenters. The number of hydrogen-bond acceptors (Lipinski definition) is 3. The van der Waals surface area contributed by atoms with Crippen LogP contribution in [0.4, 0.5) is 10.2 Å². The Morgan fingerprint density at radius 2 is 1.89 bits per heavy atom. The predicted molar refractivity (Wildman–Crippen MR) is 67.0 cm³/mol. The molecule has 2 N–H and O–H groups in total. The number of hydrogen-bond donors (Lipinski definition) is 2. The molecule has 4 nitrogen and oxygen atoms in total. The fourth-order valence-corrected chi connectivity index (χ4v) is 2.32. The van der Waals surface area contributed by atoms with Crippen molar-refractivity contribution < 1.29 is 14.3 Å². The second-order valence-corrected chi connectivity index (χ2v) is 4.37. The van der Waals surface area contributed by atoms with Crippen LogP contribution in [0.3, 0.4) is 0 Å². The maximum atomic E-state index is 13.8. The number of nitrogens with one attached hydrogen (secondary N) is 1. The van der Waals surface area contributed by atoms with Crippen LogP contribution in [0.5, 0.6) is 0 Å². The van der Waals surface area contributed by atoms with E-state index in [1.165, 1.54) is 18.3 Å². The first kappa shape index (κ1) is 11.8. The first-order chi connectivity index (χ1) is 9.18. The van der Waals surface area contributed by atoms with E-state index in [0.717, 1.165) is 0 Å². The molecule has 96 valence electrons. The van der Waals surface area contributed by atoms with E-state index >= 15 is 0 Å². The number of nitrogens with zero attached hydrogens (tertiary/aromatic N) is 1. The molecule has 0 saturated heterocycles. The topological polar surface area (TPSA) is 62.2 Å². The quantitative estimate of drug-likeness (QED) is 0.822. The van der Waals surface area contributed by atoms with Gasteiger partial charge in [0.05, 0.1) is 12.0 Å². The predicted octanol–water partition coefficient (Wildman–Crippen LogP) is 1.99. The minimum atomic E-state index is -1.10. The van der Waals surface area contributed by atoms with Crippen LogP contribution in [-0.2, 0) is 4.79 Å². The van der Waals surface area contributed by atoms with Crippen molar-refractivity contribution in [1.29, 1.82) is 0 Å². The first-order valence-electron chi connectivity index (χ1n) is 5.87. The van der Waals surface area contributed by atoms with Gasteiger partial charge in [0.15, 0.2) is 0 Å². The second-order valence-electron chi connectivity index (χ2n) is 4.37. The normalized spacial score (nSPS) is 21.7. The summed E-state index contributed by atoms with van der Waals surface area (Å²) >= 11 is 0. The van der Waals surface area contributed by atoms with Crippen molar-refractivity contribution in [1.82, 2.24) is 4.98 Å². The third-order valence-electron chi connectivity index (χ3n) is 3.24. The van der Waals surface area contributed by atoms with Gasteiger partial charge in [0.1, 0.15) is 11.6 Å². The molecule has 0 radical (unpaired) electrons. The molecule has 1 aromatic carbocycles. The molecule has 0 spiro atoms. The van der Waals surface area contributed by atoms with Gasteiger partial charge in [-0.25, -0.2) is 9.37 Å². The first-order valence-corrected chi connectivity index (χ1v) is 5.87. The van der Waals surface area contributed by atoms with Crippen molar-refractivity contribution in [2.24, 2.45) is 0 Å². The van der Waals surface area contributed by atoms with E-state index in [9.17, 15) is 14.3 Å². The Balaban J connectivity index is 2.10. The lowest BCUT2D eigenvalue weighted by Crippen LogP contribution is -2.33. The van der Waals surface area contributed by atoms with Crippen molar-refractivity contribution in [2.75, 3.05) is 5.32 Å². The number of rotatable bonds is 1. The summed E-state index contributed by atoms with van der Waals surface area (Å²) in [6.07, 6.45) is 0.421. The van der Waals surface area contributed by atoms with Crippen molar-refractivity contribution >= 4 is 11.7 Å². The van der Waals surface area contributed by atoms with Gasteiger partial charge in [0.25, 0.3) is 0 Å². The van der Waals surface area contributed by atoms with Crippen LogP contribution in [0, 0.1) is 5.82 Å². The molecule has 19 heavy (non-hydrogen) atoms. The van der Waals surface area contributed by atoms with Gasteiger partial charge in [-0.1, -0.05) is 24.3 Å². The number of aromatic nitrogens is 1. The van der Waals surface area contributed by atoms with Gasteiger partial charge in [-0.05, 0) is 12.1 Å². The number of halogens is 1. The van der Waals surface area contributed by atoms with Gasteiger partial charge in [0, 0.05) is 17.3 Å². The fourth-order valence-electron chi connectivity index (χ4n) is 2.32. The number of aliphatic hydroxyl groups excluding tert-OH is 1. The van der Waals surface area contributed by atoms with E-state index in [-0.39, 0.29) is 5.56 Å². The van der Waals surface area contributed by atoms with Crippen molar-refractivity contribution in [3.63, 3.8) is 0 Å². The lowest BCUT2D eigenvalue weighted by atomic mass is 9.86. The summed E-state index contributed by atoms with van der Waals surface area (Å²) in [6.45, 7) is 0. The van der Waals surface area contributed by atoms with Gasteiger partial charge in [-0.2, -0.15) is 0 Å². The molecule has 0 saturated carbocycles. The largest absolute Gasteiger partial charge is 0.387 e. The summed E-state index contributed by atoms with van der Waals surface area (Å²) in [6, 6.07) is 9.29. The maximum absolute atomic E-state index is 13.8. The monoisotopic (exact) mass is 258 g/mol. The number of amides is 1. The Morgan fingerprint density at radius 1 is 1.16 bits per heavy atom. The number of fused-ring (bicyclic) bond motifs is 1. The van der Waals surface area contributed by atoms with Crippen molar-refractivity contribution in [3.05, 3.63) is 59.5 Å². The van der Waals surface area contributed by atoms with Gasteiger partial charge >= 0.3 is 0 Å². The van der Waals surface area contributed by atoms with Gasteiger partial charge in [-0.15, -0.1) is 0 Å². The van der Waals surface area contributed by atoms with E-state index in [4.69, 9.17) is 0 Å². The summed E-state index contributed by atoms with van der Waals surface area (Å²) in [4.78, 5) is 16.0. The summed E-state index contributed by atoms with van der Waals surface area (Å²) in [5, 5.41) is 12.9. The highest BCUT2D eigenvalue weighted by atomic mass is 19.1. The van der Waals surface area contributed by atoms with Gasteiger partial charge < -0.3 is 10.4 Å². The van der Waals surface area contributed by atoms with Crippen LogP contribution in [0.1, 0.15) is 23.1 Å². The molecule has 1 aromatic heterocycles. The maximum Gasteiger partial charge on any atom is 0.236 e. The highest BCUT2D eigenvalue weighted by molar-refractivity contribution is 5.98. The number of aliphatic hydroxyl groups is 1. The van der Waals surface area contributed by atoms with Crippen LogP contribution in [0.15, 0.2) is 42.6 Å². The molecule has 1 aliphatic rings. The van der Waals surface area contributed by atoms with E-state index < -0.39 is 23.7 Å². The summed E-state index contributed by atoms with van der Waals surface area (Å²) in [5.74, 6) is -1.59. The molecule has 1 amide bonds. The Labute approximate surface area is 108 Å². The van der Waals surface area contributed by atoms with E-state index in [2.05, 4.69) is 10.3 Å². The molecule has 2 atom stereocenters. The SMILES string of the molecule is O=C1Nc2ncccc2C(O)C1c1ccccc1F. The van der Waals surface area contributed by atoms with Crippen molar-refractivity contribution in [3.8, 4) is 0 Å². The second kappa shape index (κ2) is 4.44. The minimum Gasteiger partial charge on any atom is -0.387 e. The average molecular weight is 258 g/mol. The Hall–Kier alpha value is -2.27. The van der Waals surface area contributed by atoms with E-state index in [1.807, 2.05) is 0 Å². The Kier molecular flexibility index (Phi) is 2.76. The molecular weight excluding hydrogens is 247 g/mol. The van der Waals surface area contributed by atoms with Crippen LogP contribution in [0.25, 0.3) is 0 Å². The lowest BCUT2D eigenvalue weighted by Gasteiger charge is -2.29. The van der Waals surface area contributed by atoms with E-state index in [1.54, 1.807) is 24.3 Å². The third kappa shape index (κ3) is 1.88. The van der Waals surface area contributed by atoms with Crippen LogP contribution < -0.4 is 5.32 Å². The number of pyridine rings is 1.